The Morgan fingerprint density at radius 2 is 1.20 bits per heavy atom. The monoisotopic (exact) mass is 1360 g/mol. The number of urea groups is 2. The highest BCUT2D eigenvalue weighted by Crippen LogP contribution is 2.40. The minimum absolute atomic E-state index is 0.0154. The van der Waals surface area contributed by atoms with Crippen molar-refractivity contribution in [1.29, 1.82) is 0 Å². The molecular weight excluding hydrogens is 1310 g/mol. The maximum atomic E-state index is 14.0. The number of Topliss-reactive ketones (excluding diaryl/α,β-unsaturated/α-hetero) is 1. The summed E-state index contributed by atoms with van der Waals surface area (Å²) in [7, 11) is 2.60. The predicted octanol–water partition coefficient (Wildman–Crippen LogP) is 8.48. The molecular formula is C66H60Cl2F2N14O9S2. The smallest absolute Gasteiger partial charge is 0.338 e. The van der Waals surface area contributed by atoms with Crippen LogP contribution in [0, 0.1) is 23.5 Å². The number of fused-ring (bicyclic) bond motifs is 2. The normalized spacial score (nSPS) is 19.6. The van der Waals surface area contributed by atoms with Gasteiger partial charge in [-0.25, -0.2) is 47.4 Å². The molecule has 0 spiro atoms. The fraction of sp³-hybridized carbons (Fsp3) is 0.288. The lowest BCUT2D eigenvalue weighted by Gasteiger charge is -2.38. The van der Waals surface area contributed by atoms with Crippen molar-refractivity contribution in [2.75, 3.05) is 91.1 Å². The van der Waals surface area contributed by atoms with E-state index in [4.69, 9.17) is 47.8 Å². The Labute approximate surface area is 561 Å². The van der Waals surface area contributed by atoms with Gasteiger partial charge in [-0.2, -0.15) is 0 Å². The molecule has 3 aromatic heterocycles. The highest BCUT2D eigenvalue weighted by molar-refractivity contribution is 7.12. The van der Waals surface area contributed by atoms with Crippen molar-refractivity contribution in [3.63, 3.8) is 0 Å². The van der Waals surface area contributed by atoms with Crippen LogP contribution in [0.3, 0.4) is 0 Å². The molecule has 13 rings (SSSR count). The summed E-state index contributed by atoms with van der Waals surface area (Å²) < 4.78 is 40.1. The first-order valence-electron chi connectivity index (χ1n) is 30.0. The second-order valence-electron chi connectivity index (χ2n) is 22.7. The molecule has 4 fully saturated rings. The molecule has 0 aliphatic carbocycles. The summed E-state index contributed by atoms with van der Waals surface area (Å²) in [5, 5.41) is 25.5. The fourth-order valence-electron chi connectivity index (χ4n) is 12.2. The molecule has 4 atom stereocenters. The van der Waals surface area contributed by atoms with E-state index in [-0.39, 0.29) is 56.7 Å². The molecule has 4 saturated heterocycles. The quantitative estimate of drug-likeness (QED) is 0.0466. The molecule has 488 valence electrons. The third kappa shape index (κ3) is 14.2. The van der Waals surface area contributed by atoms with Crippen LogP contribution in [0.4, 0.5) is 24.2 Å². The topological polar surface area (TPSA) is 253 Å². The van der Waals surface area contributed by atoms with E-state index in [0.717, 1.165) is 5.69 Å². The predicted molar refractivity (Wildman–Crippen MR) is 352 cm³/mol. The second kappa shape index (κ2) is 28.5. The van der Waals surface area contributed by atoms with E-state index in [0.29, 0.717) is 140 Å². The Bertz CT molecular complexity index is 4330. The summed E-state index contributed by atoms with van der Waals surface area (Å²) in [4.78, 5) is 106. The van der Waals surface area contributed by atoms with Crippen LogP contribution in [0.5, 0.6) is 0 Å². The van der Waals surface area contributed by atoms with Crippen LogP contribution >= 0.6 is 45.9 Å². The van der Waals surface area contributed by atoms with Gasteiger partial charge in [-0.3, -0.25) is 29.5 Å². The zero-order valence-electron chi connectivity index (χ0n) is 51.2. The standard InChI is InChI=1S/C33H30ClFN8O4S.C33H30ClFN6O5S/c1-19(44)20-3-6-22(7-4-20)43-11-9-27(39-43)42-17-23-16-40(12-13-41(23)33(42)46)18-26-28(32(45)47-2)29(24-8-5-21(35)15-25(24)34)38-30(37-26)31-36-10-14-48-31;1-46-32(44)27-26(37-29(30-36-11-15-47-30)38-28(27)24-10-9-22(35)16-25(24)34)19-39-13-14-41-23(17-39)18-40(33(41)45)12-3-2-4-20-5-7-21(8-6-20)31(42)43/h3-11,14-15,23,29H,12-13,16-18H2,1-2H3,(H,37,38);5-11,15-16,23,28H,3,12-14,17-19H2,1H3,(H,37,38)(H,42,43)/t23-,29-;23-,28-/m00/s1. The maximum Gasteiger partial charge on any atom is 0.338 e. The molecule has 4 aromatic carbocycles. The SMILES string of the molecule is COC(=O)C1=C(CN2CCN3C(=O)N(CCC#Cc4ccc(C(=O)O)cc4)C[C@@H]3C2)NC(c2nccs2)=N[C@H]1c1ccc(F)cc1Cl.COC(=O)C1=C(CN2CCN3C(=O)N(c4ccn(-c5ccc(C(C)=O)cc5)n4)C[C@@H]3C2)NC(c2nccs2)=N[C@H]1c1ccc(F)cc1Cl. The van der Waals surface area contributed by atoms with Gasteiger partial charge in [-0.05, 0) is 79.7 Å². The number of benzene rings is 4. The van der Waals surface area contributed by atoms with Crippen molar-refractivity contribution in [2.24, 2.45) is 9.98 Å². The van der Waals surface area contributed by atoms with E-state index < -0.39 is 41.6 Å². The first-order chi connectivity index (χ1) is 45.9. The third-order valence-corrected chi connectivity index (χ3v) is 19.0. The van der Waals surface area contributed by atoms with E-state index in [1.54, 1.807) is 63.4 Å². The second-order valence-corrected chi connectivity index (χ2v) is 25.3. The van der Waals surface area contributed by atoms with Crippen molar-refractivity contribution >= 4 is 99.1 Å². The van der Waals surface area contributed by atoms with Crippen LogP contribution in [0.25, 0.3) is 5.69 Å². The molecule has 0 radical (unpaired) electrons. The number of aromatic carboxylic acids is 1. The minimum atomic E-state index is -0.990. The summed E-state index contributed by atoms with van der Waals surface area (Å²) in [6.07, 6.45) is 5.59. The number of nitrogens with one attached hydrogen (secondary N) is 2. The number of ether oxygens (including phenoxy) is 2. The van der Waals surface area contributed by atoms with Crippen LogP contribution in [0.15, 0.2) is 153 Å². The summed E-state index contributed by atoms with van der Waals surface area (Å²) in [5.41, 5.74) is 4.89. The number of ketones is 1. The van der Waals surface area contributed by atoms with Gasteiger partial charge in [0.1, 0.15) is 23.7 Å². The number of piperazine rings is 2. The number of carboxylic acids is 1. The van der Waals surface area contributed by atoms with E-state index in [2.05, 4.69) is 47.3 Å². The number of nitrogens with zero attached hydrogens (tertiary/aromatic N) is 12. The molecule has 0 unspecified atom stereocenters. The number of carbonyl (C=O) groups excluding carboxylic acids is 5. The lowest BCUT2D eigenvalue weighted by atomic mass is 9.95. The summed E-state index contributed by atoms with van der Waals surface area (Å²) in [6, 6.07) is 21.2. The number of carbonyl (C=O) groups is 6. The zero-order chi connectivity index (χ0) is 66.6. The van der Waals surface area contributed by atoms with E-state index >= 15 is 0 Å². The number of aromatic nitrogens is 4. The Morgan fingerprint density at radius 3 is 1.69 bits per heavy atom. The number of rotatable bonds is 16. The van der Waals surface area contributed by atoms with Gasteiger partial charge < -0.3 is 39.9 Å². The minimum Gasteiger partial charge on any atom is -0.478 e. The molecule has 9 heterocycles. The molecule has 23 nitrogen and oxygen atoms in total. The highest BCUT2D eigenvalue weighted by Gasteiger charge is 2.45. The zero-order valence-corrected chi connectivity index (χ0v) is 54.4. The van der Waals surface area contributed by atoms with Crippen molar-refractivity contribution < 1.29 is 52.1 Å². The largest absolute Gasteiger partial charge is 0.478 e. The number of carboxylic acid groups (broad SMARTS) is 1. The van der Waals surface area contributed by atoms with Crippen LogP contribution in [-0.2, 0) is 19.1 Å². The molecule has 0 saturated carbocycles. The number of anilines is 1. The van der Waals surface area contributed by atoms with Crippen molar-refractivity contribution in [3.8, 4) is 17.5 Å². The average molecular weight is 1370 g/mol. The molecule has 3 N–H and O–H groups in total. The summed E-state index contributed by atoms with van der Waals surface area (Å²) >= 11 is 15.7. The average Bonchev–Trinajstić information content (AvgIpc) is 1.67. The summed E-state index contributed by atoms with van der Waals surface area (Å²) in [6.45, 7) is 6.89. The first-order valence-corrected chi connectivity index (χ1v) is 32.5. The van der Waals surface area contributed by atoms with Crippen LogP contribution < -0.4 is 15.5 Å². The van der Waals surface area contributed by atoms with E-state index in [9.17, 15) is 37.5 Å². The number of amides is 4. The first kappa shape index (κ1) is 65.4. The van der Waals surface area contributed by atoms with Crippen LogP contribution in [-0.4, -0.2) is 195 Å². The Hall–Kier alpha value is -9.69. The Morgan fingerprint density at radius 1 is 0.674 bits per heavy atom. The Balaban J connectivity index is 0.000000182. The Kier molecular flexibility index (Phi) is 19.6. The van der Waals surface area contributed by atoms with Gasteiger partial charge >= 0.3 is 30.0 Å². The lowest BCUT2D eigenvalue weighted by Crippen LogP contribution is -2.53. The number of methoxy groups -OCH3 is 2. The van der Waals surface area contributed by atoms with E-state index in [1.807, 2.05) is 32.7 Å². The molecule has 4 amide bonds. The number of halogens is 4. The number of aliphatic imine (C=N–C) groups is 2. The number of hydrogen-bond donors (Lipinski definition) is 3. The van der Waals surface area contributed by atoms with Gasteiger partial charge in [0.15, 0.2) is 33.3 Å². The van der Waals surface area contributed by atoms with Crippen LogP contribution in [0.1, 0.15) is 72.8 Å². The van der Waals surface area contributed by atoms with Gasteiger partial charge in [0.25, 0.3) is 0 Å². The molecule has 29 heteroatoms. The number of hydrogen-bond acceptors (Lipinski definition) is 19. The third-order valence-electron chi connectivity index (χ3n) is 16.8. The molecule has 6 aliphatic rings. The molecule has 0 bridgehead atoms. The van der Waals surface area contributed by atoms with Gasteiger partial charge in [-0.1, -0.05) is 47.2 Å². The fourth-order valence-corrected chi connectivity index (χ4v) is 13.9. The molecule has 7 aromatic rings. The number of amidine groups is 2. The highest BCUT2D eigenvalue weighted by atomic mass is 35.5. The van der Waals surface area contributed by atoms with E-state index in [1.165, 1.54) is 92.3 Å². The number of thiazole rings is 2. The van der Waals surface area contributed by atoms with Gasteiger partial charge in [0, 0.05) is 151 Å². The van der Waals surface area contributed by atoms with Gasteiger partial charge in [-0.15, -0.1) is 27.8 Å². The molecule has 6 aliphatic heterocycles. The van der Waals surface area contributed by atoms with Crippen molar-refractivity contribution in [3.05, 3.63) is 202 Å². The lowest BCUT2D eigenvalue weighted by molar-refractivity contribution is -0.137. The maximum absolute atomic E-state index is 14.0. The van der Waals surface area contributed by atoms with Crippen molar-refractivity contribution in [1.82, 2.24) is 54.9 Å². The van der Waals surface area contributed by atoms with Gasteiger partial charge in [0.2, 0.25) is 0 Å². The van der Waals surface area contributed by atoms with Crippen molar-refractivity contribution in [2.45, 2.75) is 37.5 Å². The van der Waals surface area contributed by atoms with Crippen LogP contribution in [0.2, 0.25) is 10.0 Å². The molecule has 95 heavy (non-hydrogen) atoms. The van der Waals surface area contributed by atoms with Gasteiger partial charge in [0.05, 0.1) is 55.2 Å². The summed E-state index contributed by atoms with van der Waals surface area (Å²) in [5.74, 6) is 4.39. The number of esters is 2.